The SMILES string of the molecule is CC/C=C\C/C=C\C/C=C\C/C=C\CCCCCCCCC(=O)OC(COC(=O)CCCCCCC/C=C\CCCCCCC)COC(=O)CCCCCCCCCCCCCCC/C=C\C/C=C\CCCCCCC. The second-order valence-electron chi connectivity index (χ2n) is 21.6. The summed E-state index contributed by atoms with van der Waals surface area (Å²) in [6, 6.07) is 0. The molecule has 0 rings (SSSR count). The maximum Gasteiger partial charge on any atom is 0.306 e. The second kappa shape index (κ2) is 64.1. The Balaban J connectivity index is 4.33. The molecular weight excluding hydrogens is 937 g/mol. The molecule has 0 aliphatic rings. The molecule has 0 aromatic carbocycles. The molecule has 0 N–H and O–H groups in total. The third-order valence-electron chi connectivity index (χ3n) is 14.1. The molecule has 0 spiro atoms. The number of carbonyl (C=O) groups is 3. The van der Waals surface area contributed by atoms with Crippen LogP contribution < -0.4 is 0 Å². The first-order valence-electron chi connectivity index (χ1n) is 32.6. The molecule has 0 aliphatic carbocycles. The summed E-state index contributed by atoms with van der Waals surface area (Å²) in [7, 11) is 0. The Morgan fingerprint density at radius 1 is 0.276 bits per heavy atom. The molecule has 0 heterocycles. The number of allylic oxidation sites excluding steroid dienone is 14. The summed E-state index contributed by atoms with van der Waals surface area (Å²) < 4.78 is 16.9. The monoisotopic (exact) mass is 1060 g/mol. The minimum Gasteiger partial charge on any atom is -0.462 e. The topological polar surface area (TPSA) is 78.9 Å². The molecule has 1 atom stereocenters. The van der Waals surface area contributed by atoms with Crippen LogP contribution in [0.15, 0.2) is 85.1 Å². The normalized spacial score (nSPS) is 12.6. The highest BCUT2D eigenvalue weighted by atomic mass is 16.6. The predicted molar refractivity (Wildman–Crippen MR) is 330 cm³/mol. The zero-order valence-corrected chi connectivity index (χ0v) is 50.3. The maximum atomic E-state index is 12.9. The molecule has 0 aliphatic heterocycles. The average Bonchev–Trinajstić information content (AvgIpc) is 3.42. The van der Waals surface area contributed by atoms with Gasteiger partial charge in [-0.2, -0.15) is 0 Å². The summed E-state index contributed by atoms with van der Waals surface area (Å²) in [4.78, 5) is 38.3. The van der Waals surface area contributed by atoms with Crippen molar-refractivity contribution in [3.8, 4) is 0 Å². The lowest BCUT2D eigenvalue weighted by atomic mass is 10.0. The molecule has 438 valence electrons. The number of unbranched alkanes of at least 4 members (excludes halogenated alkanes) is 34. The van der Waals surface area contributed by atoms with Gasteiger partial charge in [0, 0.05) is 19.3 Å². The number of carbonyl (C=O) groups excluding carboxylic acids is 3. The number of ether oxygens (including phenoxy) is 3. The fourth-order valence-electron chi connectivity index (χ4n) is 9.23. The van der Waals surface area contributed by atoms with Crippen LogP contribution in [0.5, 0.6) is 0 Å². The van der Waals surface area contributed by atoms with E-state index in [4.69, 9.17) is 14.2 Å². The van der Waals surface area contributed by atoms with E-state index in [-0.39, 0.29) is 31.1 Å². The standard InChI is InChI=1S/C70H122O6/c1-4-7-10-13-16-19-22-25-28-30-32-33-34-35-36-37-39-40-42-45-48-51-54-57-60-63-69(72)75-66-67(65-74-68(71)62-59-56-53-50-47-44-27-24-21-18-15-12-9-6-3)76-70(73)64-61-58-55-52-49-46-43-41-38-31-29-26-23-20-17-14-11-8-5-2/h8,11,17,20,22,24-27,29-30,32,38,41,67H,4-7,9-10,12-16,18-19,21,23,28,31,33-37,39-40,42-66H2,1-3H3/b11-8-,20-17-,25-22-,27-24-,29-26-,32-30-,41-38-. The van der Waals surface area contributed by atoms with Crippen LogP contribution in [0.3, 0.4) is 0 Å². The quantitative estimate of drug-likeness (QED) is 0.0261. The highest BCUT2D eigenvalue weighted by molar-refractivity contribution is 5.71. The molecule has 6 nitrogen and oxygen atoms in total. The van der Waals surface area contributed by atoms with Crippen molar-refractivity contribution in [1.82, 2.24) is 0 Å². The Hall–Kier alpha value is -3.41. The Morgan fingerprint density at radius 2 is 0.513 bits per heavy atom. The van der Waals surface area contributed by atoms with Crippen LogP contribution in [0.4, 0.5) is 0 Å². The number of hydrogen-bond donors (Lipinski definition) is 0. The molecular formula is C70H122O6. The molecule has 0 aromatic rings. The van der Waals surface area contributed by atoms with Gasteiger partial charge in [0.1, 0.15) is 13.2 Å². The van der Waals surface area contributed by atoms with E-state index in [1.165, 1.54) is 173 Å². The van der Waals surface area contributed by atoms with Gasteiger partial charge in [0.25, 0.3) is 0 Å². The lowest BCUT2D eigenvalue weighted by Crippen LogP contribution is -2.30. The van der Waals surface area contributed by atoms with E-state index in [1.54, 1.807) is 0 Å². The maximum absolute atomic E-state index is 12.9. The number of esters is 3. The summed E-state index contributed by atoms with van der Waals surface area (Å²) >= 11 is 0. The molecule has 0 radical (unpaired) electrons. The molecule has 6 heteroatoms. The third-order valence-corrected chi connectivity index (χ3v) is 14.1. The van der Waals surface area contributed by atoms with Crippen LogP contribution in [0.25, 0.3) is 0 Å². The third kappa shape index (κ3) is 61.4. The average molecular weight is 1060 g/mol. The first-order chi connectivity index (χ1) is 37.5. The smallest absolute Gasteiger partial charge is 0.306 e. The van der Waals surface area contributed by atoms with E-state index < -0.39 is 6.10 Å². The Kier molecular flexibility index (Phi) is 61.2. The van der Waals surface area contributed by atoms with Crippen molar-refractivity contribution >= 4 is 17.9 Å². The van der Waals surface area contributed by atoms with Gasteiger partial charge in [-0.15, -0.1) is 0 Å². The van der Waals surface area contributed by atoms with Crippen molar-refractivity contribution in [2.24, 2.45) is 0 Å². The molecule has 0 aromatic heterocycles. The second-order valence-corrected chi connectivity index (χ2v) is 21.6. The Labute approximate surface area is 471 Å². The van der Waals surface area contributed by atoms with Gasteiger partial charge in [0.05, 0.1) is 0 Å². The highest BCUT2D eigenvalue weighted by Gasteiger charge is 2.19. The van der Waals surface area contributed by atoms with Gasteiger partial charge in [-0.1, -0.05) is 273 Å². The van der Waals surface area contributed by atoms with Gasteiger partial charge in [-0.25, -0.2) is 0 Å². The molecule has 76 heavy (non-hydrogen) atoms. The lowest BCUT2D eigenvalue weighted by molar-refractivity contribution is -0.167. The van der Waals surface area contributed by atoms with Crippen molar-refractivity contribution in [1.29, 1.82) is 0 Å². The summed E-state index contributed by atoms with van der Waals surface area (Å²) in [5, 5.41) is 0. The van der Waals surface area contributed by atoms with Gasteiger partial charge in [-0.3, -0.25) is 14.4 Å². The molecule has 0 saturated carbocycles. The van der Waals surface area contributed by atoms with Gasteiger partial charge < -0.3 is 14.2 Å². The first kappa shape index (κ1) is 72.6. The predicted octanol–water partition coefficient (Wildman–Crippen LogP) is 22.3. The van der Waals surface area contributed by atoms with E-state index in [9.17, 15) is 14.4 Å². The van der Waals surface area contributed by atoms with Crippen LogP contribution >= 0.6 is 0 Å². The van der Waals surface area contributed by atoms with Gasteiger partial charge in [0.15, 0.2) is 6.10 Å². The van der Waals surface area contributed by atoms with Crippen LogP contribution in [0.2, 0.25) is 0 Å². The molecule has 0 bridgehead atoms. The van der Waals surface area contributed by atoms with Crippen molar-refractivity contribution in [2.75, 3.05) is 13.2 Å². The fraction of sp³-hybridized carbons (Fsp3) is 0.757. The number of hydrogen-bond acceptors (Lipinski definition) is 6. The highest BCUT2D eigenvalue weighted by Crippen LogP contribution is 2.16. The van der Waals surface area contributed by atoms with E-state index in [0.29, 0.717) is 19.3 Å². The zero-order chi connectivity index (χ0) is 55.0. The van der Waals surface area contributed by atoms with E-state index in [2.05, 4.69) is 106 Å². The van der Waals surface area contributed by atoms with Crippen LogP contribution in [-0.4, -0.2) is 37.2 Å². The zero-order valence-electron chi connectivity index (χ0n) is 50.3. The fourth-order valence-corrected chi connectivity index (χ4v) is 9.23. The number of rotatable bonds is 59. The van der Waals surface area contributed by atoms with Gasteiger partial charge >= 0.3 is 17.9 Å². The van der Waals surface area contributed by atoms with Crippen molar-refractivity contribution < 1.29 is 28.6 Å². The lowest BCUT2D eigenvalue weighted by Gasteiger charge is -2.18. The minimum absolute atomic E-state index is 0.0841. The first-order valence-corrected chi connectivity index (χ1v) is 32.6. The van der Waals surface area contributed by atoms with E-state index in [1.807, 2.05) is 0 Å². The van der Waals surface area contributed by atoms with E-state index >= 15 is 0 Å². The van der Waals surface area contributed by atoms with Crippen LogP contribution in [-0.2, 0) is 28.6 Å². The summed E-state index contributed by atoms with van der Waals surface area (Å²) in [5.74, 6) is -0.895. The largest absolute Gasteiger partial charge is 0.462 e. The van der Waals surface area contributed by atoms with Gasteiger partial charge in [0.2, 0.25) is 0 Å². The van der Waals surface area contributed by atoms with Crippen molar-refractivity contribution in [2.45, 2.75) is 329 Å². The minimum atomic E-state index is -0.789. The molecule has 0 amide bonds. The van der Waals surface area contributed by atoms with Crippen molar-refractivity contribution in [3.63, 3.8) is 0 Å². The van der Waals surface area contributed by atoms with Crippen molar-refractivity contribution in [3.05, 3.63) is 85.1 Å². The van der Waals surface area contributed by atoms with E-state index in [0.717, 1.165) is 109 Å². The van der Waals surface area contributed by atoms with Gasteiger partial charge in [-0.05, 0) is 116 Å². The molecule has 1 unspecified atom stereocenters. The Bertz CT molecular complexity index is 1450. The summed E-state index contributed by atoms with van der Waals surface area (Å²) in [6.45, 7) is 6.52. The summed E-state index contributed by atoms with van der Waals surface area (Å²) in [6.07, 6.45) is 84.5. The molecule has 0 saturated heterocycles. The summed E-state index contributed by atoms with van der Waals surface area (Å²) in [5.41, 5.74) is 0. The molecule has 0 fully saturated rings. The van der Waals surface area contributed by atoms with Crippen LogP contribution in [0, 0.1) is 0 Å². The van der Waals surface area contributed by atoms with Crippen LogP contribution in [0.1, 0.15) is 323 Å². The Morgan fingerprint density at radius 3 is 0.816 bits per heavy atom.